The van der Waals surface area contributed by atoms with Crippen molar-refractivity contribution in [1.29, 1.82) is 0 Å². The fraction of sp³-hybridized carbons (Fsp3) is 0.333. The van der Waals surface area contributed by atoms with Gasteiger partial charge in [0.25, 0.3) is 0 Å². The summed E-state index contributed by atoms with van der Waals surface area (Å²) < 4.78 is 10.2. The van der Waals surface area contributed by atoms with Crippen LogP contribution < -0.4 is 2.81 Å². The van der Waals surface area contributed by atoms with Crippen LogP contribution in [0.15, 0.2) is 30.3 Å². The SMILES string of the molecule is CCCS(O)(=S)=S.[Na][c]1ccccc1. The average molecular weight is 256 g/mol. The standard InChI is InChI=1S/C6H5.C3H8OS3.Na/c1-2-4-6-5-3-1;1-2-3-7(4,5)6;/h1-5H;2-3H2,1H3,(H,4,5,6);. The zero-order valence-corrected chi connectivity index (χ0v) is 12.9. The molecule has 0 unspecified atom stereocenters. The van der Waals surface area contributed by atoms with Gasteiger partial charge in [0.15, 0.2) is 0 Å². The molecule has 1 aromatic carbocycles. The van der Waals surface area contributed by atoms with Crippen molar-refractivity contribution < 1.29 is 4.55 Å². The molecule has 0 aliphatic carbocycles. The second-order valence-corrected chi connectivity index (χ2v) is 9.61. The van der Waals surface area contributed by atoms with Gasteiger partial charge in [0, 0.05) is 13.2 Å². The maximum atomic E-state index is 8.73. The van der Waals surface area contributed by atoms with Crippen molar-refractivity contribution in [3.05, 3.63) is 30.3 Å². The van der Waals surface area contributed by atoms with Gasteiger partial charge in [0.2, 0.25) is 0 Å². The van der Waals surface area contributed by atoms with Gasteiger partial charge in [-0.1, -0.05) is 6.92 Å². The van der Waals surface area contributed by atoms with E-state index >= 15 is 0 Å². The van der Waals surface area contributed by atoms with Crippen LogP contribution >= 0.6 is 0 Å². The van der Waals surface area contributed by atoms with Crippen LogP contribution in [-0.4, -0.2) is 38.2 Å². The van der Waals surface area contributed by atoms with E-state index in [0.717, 1.165) is 6.42 Å². The molecular formula is C9H13NaOS3. The predicted molar refractivity (Wildman–Crippen MR) is 71.7 cm³/mol. The van der Waals surface area contributed by atoms with Crippen LogP contribution in [0.4, 0.5) is 0 Å². The van der Waals surface area contributed by atoms with Crippen molar-refractivity contribution in [2.75, 3.05) is 5.75 Å². The average Bonchev–Trinajstić information content (AvgIpc) is 2.04. The van der Waals surface area contributed by atoms with E-state index in [1.165, 1.54) is 30.7 Å². The first-order chi connectivity index (χ1) is 6.45. The van der Waals surface area contributed by atoms with E-state index in [2.05, 4.69) is 46.6 Å². The van der Waals surface area contributed by atoms with Crippen molar-refractivity contribution in [3.63, 3.8) is 0 Å². The third-order valence-corrected chi connectivity index (χ3v) is 3.99. The van der Waals surface area contributed by atoms with Gasteiger partial charge in [-0.2, -0.15) is 0 Å². The second-order valence-electron chi connectivity index (χ2n) is 2.94. The van der Waals surface area contributed by atoms with Crippen molar-refractivity contribution in [3.8, 4) is 0 Å². The van der Waals surface area contributed by atoms with Gasteiger partial charge in [0.1, 0.15) is 0 Å². The van der Waals surface area contributed by atoms with Crippen LogP contribution in [0.2, 0.25) is 0 Å². The van der Waals surface area contributed by atoms with Crippen LogP contribution in [0, 0.1) is 0 Å². The minimum atomic E-state index is -2.01. The summed E-state index contributed by atoms with van der Waals surface area (Å²) in [6.07, 6.45) is 0.888. The Labute approximate surface area is 113 Å². The van der Waals surface area contributed by atoms with Gasteiger partial charge in [-0.3, -0.25) is 0 Å². The molecule has 0 amide bonds. The fourth-order valence-electron chi connectivity index (χ4n) is 0.792. The number of hydrogen-bond acceptors (Lipinski definition) is 2. The maximum absolute atomic E-state index is 8.73. The molecule has 5 heteroatoms. The summed E-state index contributed by atoms with van der Waals surface area (Å²) in [6, 6.07) is 10.5. The predicted octanol–water partition coefficient (Wildman–Crippen LogP) is 1.43. The zero-order chi connectivity index (χ0) is 11.0. The van der Waals surface area contributed by atoms with E-state index in [0.29, 0.717) is 5.75 Å². The molecule has 0 spiro atoms. The van der Waals surface area contributed by atoms with Crippen LogP contribution in [0.25, 0.3) is 0 Å². The van der Waals surface area contributed by atoms with E-state index in [1.807, 2.05) is 13.0 Å². The third-order valence-electron chi connectivity index (χ3n) is 1.40. The summed E-state index contributed by atoms with van der Waals surface area (Å²) in [6.45, 7) is 1.95. The third kappa shape index (κ3) is 11.0. The quantitative estimate of drug-likeness (QED) is 0.808. The monoisotopic (exact) mass is 256 g/mol. The zero-order valence-electron chi connectivity index (χ0n) is 8.47. The van der Waals surface area contributed by atoms with Crippen LogP contribution in [0.3, 0.4) is 0 Å². The Hall–Kier alpha value is 0.970. The van der Waals surface area contributed by atoms with Crippen LogP contribution in [0.5, 0.6) is 0 Å². The molecule has 0 aromatic heterocycles. The Morgan fingerprint density at radius 2 is 1.79 bits per heavy atom. The van der Waals surface area contributed by atoms with Gasteiger partial charge in [0.05, 0.1) is 0 Å². The molecule has 0 heterocycles. The van der Waals surface area contributed by atoms with E-state index < -0.39 is 7.43 Å². The summed E-state index contributed by atoms with van der Waals surface area (Å²) in [4.78, 5) is 0. The Morgan fingerprint density at radius 3 is 1.93 bits per heavy atom. The van der Waals surface area contributed by atoms with Crippen LogP contribution in [0.1, 0.15) is 13.3 Å². The van der Waals surface area contributed by atoms with Gasteiger partial charge in [-0.05, 0) is 28.8 Å². The Kier molecular flexibility index (Phi) is 8.73. The normalized spacial score (nSPS) is 10.3. The summed E-state index contributed by atoms with van der Waals surface area (Å²) in [7, 11) is -2.01. The van der Waals surface area contributed by atoms with Crippen LogP contribution in [-0.2, 0) is 29.8 Å². The second kappa shape index (κ2) is 8.16. The summed E-state index contributed by atoms with van der Waals surface area (Å²) in [5.41, 5.74) is 0. The first kappa shape index (κ1) is 15.0. The van der Waals surface area contributed by atoms with Crippen molar-refractivity contribution in [2.45, 2.75) is 13.3 Å². The van der Waals surface area contributed by atoms with Crippen molar-refractivity contribution in [2.24, 2.45) is 0 Å². The molecule has 0 saturated heterocycles. The van der Waals surface area contributed by atoms with Gasteiger partial charge in [-0.15, -0.1) is 0 Å². The van der Waals surface area contributed by atoms with Gasteiger partial charge in [-0.25, -0.2) is 0 Å². The summed E-state index contributed by atoms with van der Waals surface area (Å²) in [5.74, 6) is 0.609. The summed E-state index contributed by atoms with van der Waals surface area (Å²) >= 11 is 10.2. The van der Waals surface area contributed by atoms with Gasteiger partial charge >= 0.3 is 61.1 Å². The summed E-state index contributed by atoms with van der Waals surface area (Å²) in [5, 5.41) is 0. The first-order valence-electron chi connectivity index (χ1n) is 4.42. The first-order valence-corrected chi connectivity index (χ1v) is 9.03. The van der Waals surface area contributed by atoms with E-state index in [4.69, 9.17) is 4.55 Å². The molecule has 0 atom stereocenters. The fourth-order valence-corrected chi connectivity index (χ4v) is 2.69. The molecule has 0 saturated carbocycles. The molecule has 0 aliphatic heterocycles. The minimum absolute atomic E-state index is 0.609. The molecule has 1 N–H and O–H groups in total. The number of rotatable bonds is 2. The Morgan fingerprint density at radius 1 is 1.29 bits per heavy atom. The van der Waals surface area contributed by atoms with E-state index in [1.54, 1.807) is 0 Å². The van der Waals surface area contributed by atoms with E-state index in [-0.39, 0.29) is 0 Å². The number of benzene rings is 1. The molecule has 1 rings (SSSR count). The molecule has 14 heavy (non-hydrogen) atoms. The molecular weight excluding hydrogens is 243 g/mol. The van der Waals surface area contributed by atoms with Crippen molar-refractivity contribution in [1.82, 2.24) is 0 Å². The molecule has 0 radical (unpaired) electrons. The Bertz CT molecular complexity index is 334. The van der Waals surface area contributed by atoms with Crippen molar-refractivity contribution >= 4 is 60.5 Å². The molecule has 74 valence electrons. The molecule has 0 aliphatic rings. The topological polar surface area (TPSA) is 20.2 Å². The molecule has 1 aromatic rings. The Balaban J connectivity index is 0.000000241. The number of hydrogen-bond donors (Lipinski definition) is 1. The molecule has 1 nitrogen and oxygen atoms in total. The van der Waals surface area contributed by atoms with Gasteiger partial charge < -0.3 is 4.55 Å². The van der Waals surface area contributed by atoms with E-state index in [9.17, 15) is 0 Å². The molecule has 0 fully saturated rings. The molecule has 0 bridgehead atoms.